The van der Waals surface area contributed by atoms with Gasteiger partial charge in [0.25, 0.3) is 0 Å². The second-order valence-electron chi connectivity index (χ2n) is 4.43. The summed E-state index contributed by atoms with van der Waals surface area (Å²) in [6, 6.07) is 0. The highest BCUT2D eigenvalue weighted by Gasteiger charge is 2.13. The third-order valence-electron chi connectivity index (χ3n) is 3.21. The van der Waals surface area contributed by atoms with Gasteiger partial charge in [-0.2, -0.15) is 0 Å². The first-order valence-electron chi connectivity index (χ1n) is 6.20. The van der Waals surface area contributed by atoms with Crippen molar-refractivity contribution in [1.82, 2.24) is 0 Å². The van der Waals surface area contributed by atoms with Gasteiger partial charge in [0.2, 0.25) is 0 Å². The standard InChI is InChI=1S/C12H25NS.ClH/c1-2-14-12(13)10-6-9-11-7-4-3-5-8-11;/h11-12H,2-10,13H2,1H3;1H. The van der Waals surface area contributed by atoms with Crippen molar-refractivity contribution in [3.8, 4) is 0 Å². The van der Waals surface area contributed by atoms with Crippen molar-refractivity contribution in [2.24, 2.45) is 11.7 Å². The van der Waals surface area contributed by atoms with E-state index in [4.69, 9.17) is 5.73 Å². The van der Waals surface area contributed by atoms with E-state index in [2.05, 4.69) is 6.92 Å². The van der Waals surface area contributed by atoms with Gasteiger partial charge in [0, 0.05) is 0 Å². The Kier molecular flexibility index (Phi) is 10.2. The molecule has 1 unspecified atom stereocenters. The fourth-order valence-electron chi connectivity index (χ4n) is 2.38. The molecule has 0 saturated heterocycles. The average molecular weight is 252 g/mol. The Morgan fingerprint density at radius 3 is 2.53 bits per heavy atom. The summed E-state index contributed by atoms with van der Waals surface area (Å²) in [6.07, 6.45) is 11.4. The van der Waals surface area contributed by atoms with E-state index in [1.807, 2.05) is 11.8 Å². The molecule has 0 radical (unpaired) electrons. The lowest BCUT2D eigenvalue weighted by molar-refractivity contribution is 0.329. The second-order valence-corrected chi connectivity index (χ2v) is 5.94. The van der Waals surface area contributed by atoms with Gasteiger partial charge in [0.15, 0.2) is 0 Å². The molecule has 0 aromatic heterocycles. The van der Waals surface area contributed by atoms with E-state index >= 15 is 0 Å². The van der Waals surface area contributed by atoms with Crippen molar-refractivity contribution in [2.45, 2.75) is 63.7 Å². The minimum Gasteiger partial charge on any atom is -0.319 e. The van der Waals surface area contributed by atoms with Crippen LogP contribution in [0.5, 0.6) is 0 Å². The zero-order chi connectivity index (χ0) is 10.2. The first-order chi connectivity index (χ1) is 6.83. The van der Waals surface area contributed by atoms with E-state index in [0.717, 1.165) is 11.7 Å². The summed E-state index contributed by atoms with van der Waals surface area (Å²) in [5.74, 6) is 2.19. The van der Waals surface area contributed by atoms with E-state index in [-0.39, 0.29) is 12.4 Å². The largest absolute Gasteiger partial charge is 0.319 e. The van der Waals surface area contributed by atoms with E-state index in [1.165, 1.54) is 51.4 Å². The summed E-state index contributed by atoms with van der Waals surface area (Å²) < 4.78 is 0. The Bertz CT molecular complexity index is 138. The molecule has 2 N–H and O–H groups in total. The van der Waals surface area contributed by atoms with Gasteiger partial charge < -0.3 is 5.73 Å². The SMILES string of the molecule is CCSC(N)CCCC1CCCCC1.Cl. The maximum absolute atomic E-state index is 5.96. The van der Waals surface area contributed by atoms with Crippen LogP contribution in [0.1, 0.15) is 58.3 Å². The van der Waals surface area contributed by atoms with Crippen molar-refractivity contribution in [2.75, 3.05) is 5.75 Å². The molecule has 0 aromatic rings. The quantitative estimate of drug-likeness (QED) is 0.717. The topological polar surface area (TPSA) is 26.0 Å². The molecule has 15 heavy (non-hydrogen) atoms. The molecule has 1 aliphatic carbocycles. The van der Waals surface area contributed by atoms with Gasteiger partial charge in [0.05, 0.1) is 5.37 Å². The molecule has 3 heteroatoms. The Hall–Kier alpha value is 0.600. The number of halogens is 1. The maximum atomic E-state index is 5.96. The van der Waals surface area contributed by atoms with Crippen molar-refractivity contribution in [3.63, 3.8) is 0 Å². The van der Waals surface area contributed by atoms with E-state index in [0.29, 0.717) is 5.37 Å². The number of nitrogens with two attached hydrogens (primary N) is 1. The number of hydrogen-bond acceptors (Lipinski definition) is 2. The molecule has 0 bridgehead atoms. The van der Waals surface area contributed by atoms with Crippen LogP contribution in [0, 0.1) is 5.92 Å². The first kappa shape index (κ1) is 15.6. The van der Waals surface area contributed by atoms with Crippen LogP contribution in [0.15, 0.2) is 0 Å². The van der Waals surface area contributed by atoms with Crippen molar-refractivity contribution in [1.29, 1.82) is 0 Å². The smallest absolute Gasteiger partial charge is 0.0507 e. The van der Waals surface area contributed by atoms with Crippen LogP contribution in [0.4, 0.5) is 0 Å². The second kappa shape index (κ2) is 9.80. The lowest BCUT2D eigenvalue weighted by Crippen LogP contribution is -2.16. The lowest BCUT2D eigenvalue weighted by Gasteiger charge is -2.21. The van der Waals surface area contributed by atoms with Crippen molar-refractivity contribution >= 4 is 24.2 Å². The molecular weight excluding hydrogens is 226 g/mol. The Morgan fingerprint density at radius 1 is 1.27 bits per heavy atom. The molecule has 1 nitrogen and oxygen atoms in total. The highest BCUT2D eigenvalue weighted by molar-refractivity contribution is 7.99. The Labute approximate surface area is 105 Å². The zero-order valence-corrected chi connectivity index (χ0v) is 11.5. The molecule has 0 amide bonds. The van der Waals surface area contributed by atoms with Crippen LogP contribution < -0.4 is 5.73 Å². The number of rotatable bonds is 6. The van der Waals surface area contributed by atoms with Crippen LogP contribution in [0.3, 0.4) is 0 Å². The van der Waals surface area contributed by atoms with Gasteiger partial charge in [-0.1, -0.05) is 51.9 Å². The monoisotopic (exact) mass is 251 g/mol. The van der Waals surface area contributed by atoms with Crippen molar-refractivity contribution in [3.05, 3.63) is 0 Å². The zero-order valence-electron chi connectivity index (χ0n) is 9.91. The normalized spacial score (nSPS) is 19.6. The third-order valence-corrected chi connectivity index (χ3v) is 4.20. The summed E-state index contributed by atoms with van der Waals surface area (Å²) in [7, 11) is 0. The molecule has 0 aliphatic heterocycles. The highest BCUT2D eigenvalue weighted by Crippen LogP contribution is 2.28. The van der Waals surface area contributed by atoms with Crippen LogP contribution in [0.25, 0.3) is 0 Å². The molecular formula is C12H26ClNS. The molecule has 0 aromatic carbocycles. The summed E-state index contributed by atoms with van der Waals surface area (Å²) in [5.41, 5.74) is 5.96. The molecule has 0 spiro atoms. The summed E-state index contributed by atoms with van der Waals surface area (Å²) in [6.45, 7) is 2.19. The van der Waals surface area contributed by atoms with Crippen LogP contribution in [0.2, 0.25) is 0 Å². The average Bonchev–Trinajstić information content (AvgIpc) is 2.20. The van der Waals surface area contributed by atoms with Gasteiger partial charge in [-0.05, 0) is 18.1 Å². The fourth-order valence-corrected chi connectivity index (χ4v) is 3.14. The minimum absolute atomic E-state index is 0. The minimum atomic E-state index is 0. The first-order valence-corrected chi connectivity index (χ1v) is 7.25. The van der Waals surface area contributed by atoms with E-state index < -0.39 is 0 Å². The Balaban J connectivity index is 0.00000196. The van der Waals surface area contributed by atoms with E-state index in [9.17, 15) is 0 Å². The fraction of sp³-hybridized carbons (Fsp3) is 1.00. The predicted octanol–water partition coefficient (Wildman–Crippen LogP) is 4.20. The van der Waals surface area contributed by atoms with Gasteiger partial charge in [-0.15, -0.1) is 24.2 Å². The van der Waals surface area contributed by atoms with Crippen molar-refractivity contribution < 1.29 is 0 Å². The van der Waals surface area contributed by atoms with Crippen LogP contribution in [-0.2, 0) is 0 Å². The van der Waals surface area contributed by atoms with Gasteiger partial charge in [-0.25, -0.2) is 0 Å². The van der Waals surface area contributed by atoms with Crippen LogP contribution >= 0.6 is 24.2 Å². The van der Waals surface area contributed by atoms with Crippen LogP contribution in [-0.4, -0.2) is 11.1 Å². The summed E-state index contributed by atoms with van der Waals surface area (Å²) in [5, 5.41) is 0.392. The van der Waals surface area contributed by atoms with E-state index in [1.54, 1.807) is 0 Å². The number of thioether (sulfide) groups is 1. The number of hydrogen-bond donors (Lipinski definition) is 1. The van der Waals surface area contributed by atoms with Gasteiger partial charge in [-0.3, -0.25) is 0 Å². The molecule has 0 heterocycles. The van der Waals surface area contributed by atoms with Gasteiger partial charge >= 0.3 is 0 Å². The maximum Gasteiger partial charge on any atom is 0.0507 e. The molecule has 92 valence electrons. The Morgan fingerprint density at radius 2 is 1.93 bits per heavy atom. The third kappa shape index (κ3) is 7.48. The predicted molar refractivity (Wildman–Crippen MR) is 73.8 cm³/mol. The molecule has 1 saturated carbocycles. The molecule has 1 atom stereocenters. The summed E-state index contributed by atoms with van der Waals surface area (Å²) >= 11 is 1.90. The molecule has 1 rings (SSSR count). The molecule has 1 aliphatic rings. The molecule has 1 fully saturated rings. The van der Waals surface area contributed by atoms with Gasteiger partial charge in [0.1, 0.15) is 0 Å². The highest BCUT2D eigenvalue weighted by atomic mass is 35.5. The lowest BCUT2D eigenvalue weighted by atomic mass is 9.86. The summed E-state index contributed by atoms with van der Waals surface area (Å²) in [4.78, 5) is 0.